The molecule has 0 aromatic carbocycles. The normalized spacial score (nSPS) is 20.6. The van der Waals surface area contributed by atoms with Crippen LogP contribution in [0.25, 0.3) is 0 Å². The maximum absolute atomic E-state index is 12.4. The number of ether oxygens (including phenoxy) is 1. The summed E-state index contributed by atoms with van der Waals surface area (Å²) < 4.78 is 10.6. The van der Waals surface area contributed by atoms with Crippen molar-refractivity contribution in [2.75, 3.05) is 25.6 Å². The largest absolute Gasteiger partial charge is 0.469 e. The molecular formula is C12H16ClNO3. The molecule has 94 valence electrons. The van der Waals surface area contributed by atoms with Gasteiger partial charge in [-0.05, 0) is 6.07 Å². The highest BCUT2D eigenvalue weighted by Crippen LogP contribution is 2.18. The fourth-order valence-corrected chi connectivity index (χ4v) is 2.27. The molecule has 0 spiro atoms. The summed E-state index contributed by atoms with van der Waals surface area (Å²) in [5.41, 5.74) is 0.643. The molecule has 1 aliphatic rings. The first kappa shape index (κ1) is 12.5. The van der Waals surface area contributed by atoms with E-state index in [-0.39, 0.29) is 11.9 Å². The average Bonchev–Trinajstić information content (AvgIpc) is 2.86. The zero-order chi connectivity index (χ0) is 12.3. The summed E-state index contributed by atoms with van der Waals surface area (Å²) >= 11 is 5.86. The molecule has 1 saturated heterocycles. The number of hydrogen-bond acceptors (Lipinski definition) is 3. The molecule has 0 bridgehead atoms. The van der Waals surface area contributed by atoms with E-state index < -0.39 is 0 Å². The van der Waals surface area contributed by atoms with Crippen LogP contribution in [-0.4, -0.2) is 42.5 Å². The van der Waals surface area contributed by atoms with Gasteiger partial charge < -0.3 is 14.1 Å². The number of amides is 1. The van der Waals surface area contributed by atoms with E-state index in [1.807, 2.05) is 6.92 Å². The number of alkyl halides is 1. The predicted molar refractivity (Wildman–Crippen MR) is 64.4 cm³/mol. The van der Waals surface area contributed by atoms with Crippen molar-refractivity contribution < 1.29 is 13.9 Å². The van der Waals surface area contributed by atoms with E-state index in [2.05, 4.69) is 0 Å². The molecule has 0 N–H and O–H groups in total. The second kappa shape index (κ2) is 5.56. The lowest BCUT2D eigenvalue weighted by atomic mass is 10.1. The van der Waals surface area contributed by atoms with Crippen molar-refractivity contribution >= 4 is 17.5 Å². The number of hydrogen-bond donors (Lipinski definition) is 0. The number of furan rings is 1. The third-order valence-corrected chi connectivity index (χ3v) is 3.32. The van der Waals surface area contributed by atoms with Crippen molar-refractivity contribution in [2.45, 2.75) is 19.4 Å². The first-order valence-corrected chi connectivity index (χ1v) is 6.32. The van der Waals surface area contributed by atoms with Gasteiger partial charge in [0, 0.05) is 18.8 Å². The van der Waals surface area contributed by atoms with Gasteiger partial charge in [0.25, 0.3) is 5.91 Å². The van der Waals surface area contributed by atoms with Crippen LogP contribution in [0.15, 0.2) is 16.7 Å². The molecule has 2 rings (SSSR count). The summed E-state index contributed by atoms with van der Waals surface area (Å²) in [6.45, 7) is 3.63. The number of nitrogens with zero attached hydrogens (tertiary/aromatic N) is 1. The summed E-state index contributed by atoms with van der Waals surface area (Å²) in [7, 11) is 0. The van der Waals surface area contributed by atoms with E-state index in [1.165, 1.54) is 0 Å². The number of carbonyl (C=O) groups excluding carboxylic acids is 1. The Hall–Kier alpha value is -1.00. The van der Waals surface area contributed by atoms with Crippen LogP contribution in [0.4, 0.5) is 0 Å². The smallest absolute Gasteiger partial charge is 0.257 e. The highest BCUT2D eigenvalue weighted by molar-refractivity contribution is 6.18. The fourth-order valence-electron chi connectivity index (χ4n) is 2.01. The second-order valence-electron chi connectivity index (χ2n) is 3.99. The standard InChI is InChI=1S/C12H16ClNO3/c1-2-11-10(3-5-17-11)12(15)14-4-6-16-8-9(14)7-13/h3,5,9H,2,4,6-8H2,1H3. The monoisotopic (exact) mass is 257 g/mol. The topological polar surface area (TPSA) is 42.7 Å². The quantitative estimate of drug-likeness (QED) is 0.777. The molecule has 1 aromatic rings. The molecule has 2 heterocycles. The van der Waals surface area contributed by atoms with E-state index in [0.29, 0.717) is 37.6 Å². The van der Waals surface area contributed by atoms with Gasteiger partial charge in [0.05, 0.1) is 31.1 Å². The van der Waals surface area contributed by atoms with Crippen LogP contribution < -0.4 is 0 Å². The van der Waals surface area contributed by atoms with Crippen molar-refractivity contribution in [1.82, 2.24) is 4.90 Å². The van der Waals surface area contributed by atoms with Gasteiger partial charge in [-0.2, -0.15) is 0 Å². The Morgan fingerprint density at radius 2 is 2.47 bits per heavy atom. The Labute approximate surface area is 105 Å². The van der Waals surface area contributed by atoms with Crippen molar-refractivity contribution in [3.8, 4) is 0 Å². The molecular weight excluding hydrogens is 242 g/mol. The Bertz CT molecular complexity index is 391. The van der Waals surface area contributed by atoms with E-state index in [1.54, 1.807) is 17.2 Å². The summed E-state index contributed by atoms with van der Waals surface area (Å²) in [5.74, 6) is 1.12. The molecule has 17 heavy (non-hydrogen) atoms. The fraction of sp³-hybridized carbons (Fsp3) is 0.583. The lowest BCUT2D eigenvalue weighted by Crippen LogP contribution is -2.49. The van der Waals surface area contributed by atoms with Crippen LogP contribution in [-0.2, 0) is 11.2 Å². The van der Waals surface area contributed by atoms with Crippen LogP contribution >= 0.6 is 11.6 Å². The minimum absolute atomic E-state index is 0.00968. The van der Waals surface area contributed by atoms with Gasteiger partial charge in [0.15, 0.2) is 0 Å². The van der Waals surface area contributed by atoms with Gasteiger partial charge in [-0.3, -0.25) is 4.79 Å². The average molecular weight is 258 g/mol. The first-order valence-electron chi connectivity index (χ1n) is 5.79. The van der Waals surface area contributed by atoms with Crippen LogP contribution in [0.3, 0.4) is 0 Å². The maximum Gasteiger partial charge on any atom is 0.257 e. The van der Waals surface area contributed by atoms with Gasteiger partial charge >= 0.3 is 0 Å². The molecule has 0 saturated carbocycles. The Balaban J connectivity index is 2.18. The number of aryl methyl sites for hydroxylation is 1. The molecule has 4 nitrogen and oxygen atoms in total. The highest BCUT2D eigenvalue weighted by Gasteiger charge is 2.29. The lowest BCUT2D eigenvalue weighted by molar-refractivity contribution is 0.00445. The van der Waals surface area contributed by atoms with Crippen molar-refractivity contribution in [1.29, 1.82) is 0 Å². The van der Waals surface area contributed by atoms with Gasteiger partial charge in [-0.15, -0.1) is 11.6 Å². The van der Waals surface area contributed by atoms with Crippen LogP contribution in [0.5, 0.6) is 0 Å². The SMILES string of the molecule is CCc1occc1C(=O)N1CCOCC1CCl. The minimum Gasteiger partial charge on any atom is -0.469 e. The van der Waals surface area contributed by atoms with Crippen molar-refractivity contribution in [3.63, 3.8) is 0 Å². The van der Waals surface area contributed by atoms with Crippen LogP contribution in [0.2, 0.25) is 0 Å². The van der Waals surface area contributed by atoms with E-state index >= 15 is 0 Å². The van der Waals surface area contributed by atoms with Crippen LogP contribution in [0, 0.1) is 0 Å². The van der Waals surface area contributed by atoms with Crippen molar-refractivity contribution in [2.24, 2.45) is 0 Å². The van der Waals surface area contributed by atoms with Gasteiger partial charge in [-0.1, -0.05) is 6.92 Å². The highest BCUT2D eigenvalue weighted by atomic mass is 35.5. The summed E-state index contributed by atoms with van der Waals surface area (Å²) in [6, 6.07) is 1.68. The molecule has 0 aliphatic carbocycles. The number of halogens is 1. The Kier molecular flexibility index (Phi) is 4.07. The zero-order valence-electron chi connectivity index (χ0n) is 9.82. The zero-order valence-corrected chi connectivity index (χ0v) is 10.6. The molecule has 1 fully saturated rings. The molecule has 1 atom stereocenters. The molecule has 1 aromatic heterocycles. The Morgan fingerprint density at radius 1 is 1.65 bits per heavy atom. The molecule has 1 amide bonds. The number of carbonyl (C=O) groups is 1. The van der Waals surface area contributed by atoms with Gasteiger partial charge in [0.1, 0.15) is 5.76 Å². The Morgan fingerprint density at radius 3 is 3.18 bits per heavy atom. The van der Waals surface area contributed by atoms with Crippen molar-refractivity contribution in [3.05, 3.63) is 23.7 Å². The maximum atomic E-state index is 12.4. The second-order valence-corrected chi connectivity index (χ2v) is 4.30. The van der Waals surface area contributed by atoms with E-state index in [9.17, 15) is 4.79 Å². The third kappa shape index (κ3) is 2.48. The molecule has 5 heteroatoms. The molecule has 1 unspecified atom stereocenters. The lowest BCUT2D eigenvalue weighted by Gasteiger charge is -2.34. The summed E-state index contributed by atoms with van der Waals surface area (Å²) in [6.07, 6.45) is 2.27. The predicted octanol–water partition coefficient (Wildman–Crippen LogP) is 1.92. The first-order chi connectivity index (χ1) is 8.27. The van der Waals surface area contributed by atoms with E-state index in [4.69, 9.17) is 20.8 Å². The molecule has 0 radical (unpaired) electrons. The minimum atomic E-state index is -0.0440. The molecule has 1 aliphatic heterocycles. The third-order valence-electron chi connectivity index (χ3n) is 2.96. The summed E-state index contributed by atoms with van der Waals surface area (Å²) in [5, 5.41) is 0. The summed E-state index contributed by atoms with van der Waals surface area (Å²) in [4.78, 5) is 14.1. The number of morpholine rings is 1. The van der Waals surface area contributed by atoms with Gasteiger partial charge in [-0.25, -0.2) is 0 Å². The van der Waals surface area contributed by atoms with Crippen LogP contribution in [0.1, 0.15) is 23.0 Å². The number of rotatable bonds is 3. The van der Waals surface area contributed by atoms with Gasteiger partial charge in [0.2, 0.25) is 0 Å². The van der Waals surface area contributed by atoms with E-state index in [0.717, 1.165) is 5.76 Å².